The smallest absolute Gasteiger partial charge is 0.119 e. The van der Waals surface area contributed by atoms with E-state index in [0.29, 0.717) is 6.42 Å². The molecule has 2 rings (SSSR count). The highest BCUT2D eigenvalue weighted by Gasteiger charge is 2.44. The molecule has 0 amide bonds. The Bertz CT molecular complexity index is 435. The Morgan fingerprint density at radius 3 is 2.68 bits per heavy atom. The minimum absolute atomic E-state index is 0.00278. The van der Waals surface area contributed by atoms with E-state index in [2.05, 4.69) is 0 Å². The molecule has 0 aromatic heterocycles. The maximum atomic E-state index is 11.1. The van der Waals surface area contributed by atoms with Crippen LogP contribution >= 0.6 is 0 Å². The minimum Gasteiger partial charge on any atom is -0.497 e. The van der Waals surface area contributed by atoms with E-state index in [1.807, 2.05) is 43.3 Å². The zero-order chi connectivity index (χ0) is 14.0. The predicted octanol–water partition coefficient (Wildman–Crippen LogP) is 1.36. The number of aliphatic hydroxyl groups excluding tert-OH is 1. The highest BCUT2D eigenvalue weighted by molar-refractivity contribution is 5.34. The summed E-state index contributed by atoms with van der Waals surface area (Å²) in [6.45, 7) is 0. The van der Waals surface area contributed by atoms with E-state index in [1.165, 1.54) is 0 Å². The summed E-state index contributed by atoms with van der Waals surface area (Å²) in [5.41, 5.74) is -0.223. The van der Waals surface area contributed by atoms with Crippen LogP contribution in [0.4, 0.5) is 0 Å². The maximum Gasteiger partial charge on any atom is 0.119 e. The Labute approximate surface area is 114 Å². The lowest BCUT2D eigenvalue weighted by molar-refractivity contribution is -0.101. The number of aliphatic hydroxyl groups is 2. The molecule has 3 unspecified atom stereocenters. The van der Waals surface area contributed by atoms with Crippen LogP contribution in [0.1, 0.15) is 24.8 Å². The lowest BCUT2D eigenvalue weighted by atomic mass is 9.74. The van der Waals surface area contributed by atoms with Gasteiger partial charge in [0.1, 0.15) is 11.4 Å². The third-order valence-corrected chi connectivity index (χ3v) is 4.06. The number of rotatable bonds is 3. The van der Waals surface area contributed by atoms with Gasteiger partial charge < -0.3 is 19.8 Å². The predicted molar refractivity (Wildman–Crippen MR) is 74.2 cm³/mol. The first-order valence-electron chi connectivity index (χ1n) is 6.69. The van der Waals surface area contributed by atoms with E-state index in [1.54, 1.807) is 7.11 Å². The molecule has 3 atom stereocenters. The van der Waals surface area contributed by atoms with Gasteiger partial charge >= 0.3 is 0 Å². The summed E-state index contributed by atoms with van der Waals surface area (Å²) in [7, 11) is 5.54. The van der Waals surface area contributed by atoms with E-state index in [-0.39, 0.29) is 6.04 Å². The molecule has 4 heteroatoms. The van der Waals surface area contributed by atoms with Crippen LogP contribution in [0.3, 0.4) is 0 Å². The molecule has 1 aromatic rings. The van der Waals surface area contributed by atoms with Crippen molar-refractivity contribution in [3.63, 3.8) is 0 Å². The molecule has 1 aliphatic carbocycles. The van der Waals surface area contributed by atoms with Crippen molar-refractivity contribution in [3.8, 4) is 5.75 Å². The first-order chi connectivity index (χ1) is 8.97. The van der Waals surface area contributed by atoms with Crippen molar-refractivity contribution in [1.82, 2.24) is 4.90 Å². The molecule has 1 saturated carbocycles. The molecule has 0 spiro atoms. The first-order valence-corrected chi connectivity index (χ1v) is 6.69. The van der Waals surface area contributed by atoms with E-state index in [0.717, 1.165) is 24.2 Å². The molecule has 0 aliphatic heterocycles. The second kappa shape index (κ2) is 5.49. The van der Waals surface area contributed by atoms with Crippen LogP contribution < -0.4 is 4.74 Å². The monoisotopic (exact) mass is 265 g/mol. The lowest BCUT2D eigenvalue weighted by Crippen LogP contribution is -2.52. The Balaban J connectivity index is 2.39. The van der Waals surface area contributed by atoms with Gasteiger partial charge in [0.15, 0.2) is 0 Å². The number of likely N-dealkylation sites (N-methyl/N-ethyl adjacent to an activating group) is 1. The van der Waals surface area contributed by atoms with Crippen LogP contribution in [0.25, 0.3) is 0 Å². The van der Waals surface area contributed by atoms with Gasteiger partial charge in [0.2, 0.25) is 0 Å². The SMILES string of the molecule is COc1cccc(C2(O)CC(O)CCC2N(C)C)c1. The number of methoxy groups -OCH3 is 1. The third kappa shape index (κ3) is 2.76. The van der Waals surface area contributed by atoms with Gasteiger partial charge in [-0.25, -0.2) is 0 Å². The molecule has 2 N–H and O–H groups in total. The molecule has 106 valence electrons. The molecule has 4 nitrogen and oxygen atoms in total. The van der Waals surface area contributed by atoms with E-state index in [9.17, 15) is 10.2 Å². The highest BCUT2D eigenvalue weighted by Crippen LogP contribution is 2.40. The van der Waals surface area contributed by atoms with Crippen molar-refractivity contribution < 1.29 is 14.9 Å². The largest absolute Gasteiger partial charge is 0.497 e. The van der Waals surface area contributed by atoms with Crippen LogP contribution in [0, 0.1) is 0 Å². The Morgan fingerprint density at radius 2 is 2.05 bits per heavy atom. The van der Waals surface area contributed by atoms with E-state index < -0.39 is 11.7 Å². The van der Waals surface area contributed by atoms with Crippen LogP contribution in [0.15, 0.2) is 24.3 Å². The first kappa shape index (κ1) is 14.3. The summed E-state index contributed by atoms with van der Waals surface area (Å²) in [6.07, 6.45) is 1.42. The van der Waals surface area contributed by atoms with Crippen molar-refractivity contribution >= 4 is 0 Å². The third-order valence-electron chi connectivity index (χ3n) is 4.06. The molecule has 1 aromatic carbocycles. The maximum absolute atomic E-state index is 11.1. The van der Waals surface area contributed by atoms with Crippen LogP contribution in [-0.2, 0) is 5.60 Å². The molecule has 0 heterocycles. The summed E-state index contributed by atoms with van der Waals surface area (Å²) < 4.78 is 5.23. The van der Waals surface area contributed by atoms with Gasteiger partial charge in [-0.15, -0.1) is 0 Å². The molecule has 19 heavy (non-hydrogen) atoms. The van der Waals surface area contributed by atoms with E-state index >= 15 is 0 Å². The lowest BCUT2D eigenvalue weighted by Gasteiger charge is -2.45. The standard InChI is InChI=1S/C15H23NO3/c1-16(2)14-8-7-12(17)10-15(14,18)11-5-4-6-13(9-11)19-3/h4-6,9,12,14,17-18H,7-8,10H2,1-3H3. The average Bonchev–Trinajstić information content (AvgIpc) is 2.38. The average molecular weight is 265 g/mol. The molecular weight excluding hydrogens is 242 g/mol. The van der Waals surface area contributed by atoms with E-state index in [4.69, 9.17) is 4.74 Å². The number of benzene rings is 1. The molecule has 1 fully saturated rings. The zero-order valence-corrected chi connectivity index (χ0v) is 11.8. The number of ether oxygens (including phenoxy) is 1. The molecule has 0 saturated heterocycles. The van der Waals surface area contributed by atoms with Gasteiger partial charge in [0, 0.05) is 12.5 Å². The number of hydrogen-bond acceptors (Lipinski definition) is 4. The summed E-state index contributed by atoms with van der Waals surface area (Å²) in [4.78, 5) is 2.03. The van der Waals surface area contributed by atoms with Gasteiger partial charge in [-0.05, 0) is 44.6 Å². The second-order valence-corrected chi connectivity index (χ2v) is 5.57. The molecular formula is C15H23NO3. The van der Waals surface area contributed by atoms with Crippen molar-refractivity contribution in [1.29, 1.82) is 0 Å². The fraction of sp³-hybridized carbons (Fsp3) is 0.600. The summed E-state index contributed by atoms with van der Waals surface area (Å²) >= 11 is 0. The fourth-order valence-corrected chi connectivity index (χ4v) is 3.07. The molecule has 0 radical (unpaired) electrons. The quantitative estimate of drug-likeness (QED) is 0.866. The van der Waals surface area contributed by atoms with Gasteiger partial charge in [0.25, 0.3) is 0 Å². The van der Waals surface area contributed by atoms with Crippen LogP contribution in [0.5, 0.6) is 5.75 Å². The van der Waals surface area contributed by atoms with Crippen molar-refractivity contribution in [2.24, 2.45) is 0 Å². The Kier molecular flexibility index (Phi) is 4.13. The normalized spacial score (nSPS) is 31.5. The van der Waals surface area contributed by atoms with Gasteiger partial charge in [-0.2, -0.15) is 0 Å². The summed E-state index contributed by atoms with van der Waals surface area (Å²) in [5, 5.41) is 21.0. The molecule has 0 bridgehead atoms. The number of hydrogen-bond donors (Lipinski definition) is 2. The van der Waals surface area contributed by atoms with Crippen molar-refractivity contribution in [2.45, 2.75) is 37.0 Å². The summed E-state index contributed by atoms with van der Waals surface area (Å²) in [5.74, 6) is 0.725. The summed E-state index contributed by atoms with van der Waals surface area (Å²) in [6, 6.07) is 7.49. The fourth-order valence-electron chi connectivity index (χ4n) is 3.07. The van der Waals surface area contributed by atoms with Crippen LogP contribution in [0.2, 0.25) is 0 Å². The Hall–Kier alpha value is -1.10. The van der Waals surface area contributed by atoms with Crippen LogP contribution in [-0.4, -0.2) is 48.5 Å². The highest BCUT2D eigenvalue weighted by atomic mass is 16.5. The topological polar surface area (TPSA) is 52.9 Å². The van der Waals surface area contributed by atoms with Gasteiger partial charge in [0.05, 0.1) is 13.2 Å². The molecule has 1 aliphatic rings. The minimum atomic E-state index is -1.03. The number of nitrogens with zero attached hydrogens (tertiary/aromatic N) is 1. The Morgan fingerprint density at radius 1 is 1.32 bits per heavy atom. The van der Waals surface area contributed by atoms with Crippen molar-refractivity contribution in [3.05, 3.63) is 29.8 Å². The van der Waals surface area contributed by atoms with Gasteiger partial charge in [-0.3, -0.25) is 0 Å². The zero-order valence-electron chi connectivity index (χ0n) is 11.8. The van der Waals surface area contributed by atoms with Crippen molar-refractivity contribution in [2.75, 3.05) is 21.2 Å². The second-order valence-electron chi connectivity index (χ2n) is 5.57. The van der Waals surface area contributed by atoms with Gasteiger partial charge in [-0.1, -0.05) is 12.1 Å².